The van der Waals surface area contributed by atoms with Gasteiger partial charge in [-0.2, -0.15) is 0 Å². The molecule has 0 saturated heterocycles. The molecule has 0 spiro atoms. The average molecular weight is 373 g/mol. The second-order valence-electron chi connectivity index (χ2n) is 6.81. The highest BCUT2D eigenvalue weighted by Crippen LogP contribution is 2.34. The lowest BCUT2D eigenvalue weighted by Gasteiger charge is -2.37. The van der Waals surface area contributed by atoms with E-state index < -0.39 is 0 Å². The number of ether oxygens (including phenoxy) is 2. The van der Waals surface area contributed by atoms with Crippen molar-refractivity contribution < 1.29 is 19.1 Å². The molecule has 0 bridgehead atoms. The van der Waals surface area contributed by atoms with Crippen LogP contribution in [0.4, 0.5) is 5.69 Å². The van der Waals surface area contributed by atoms with E-state index in [1.54, 1.807) is 13.2 Å². The molecule has 7 heteroatoms. The summed E-state index contributed by atoms with van der Waals surface area (Å²) in [5.74, 6) is 0.716. The second-order valence-corrected chi connectivity index (χ2v) is 6.81. The molecule has 2 heterocycles. The number of hydrogen-bond donors (Lipinski definition) is 1. The quantitative estimate of drug-likeness (QED) is 0.604. The van der Waals surface area contributed by atoms with E-state index in [0.717, 1.165) is 24.4 Å². The van der Waals surface area contributed by atoms with Crippen molar-refractivity contribution in [3.63, 3.8) is 0 Å². The third kappa shape index (κ3) is 4.60. The summed E-state index contributed by atoms with van der Waals surface area (Å²) in [6.07, 6.45) is 5.45. The number of carbonyl (C=O) groups is 2. The first-order chi connectivity index (χ1) is 13.1. The summed E-state index contributed by atoms with van der Waals surface area (Å²) < 4.78 is 10.8. The molecule has 7 nitrogen and oxygen atoms in total. The number of methoxy groups -OCH3 is 1. The van der Waals surface area contributed by atoms with E-state index in [-0.39, 0.29) is 17.9 Å². The van der Waals surface area contributed by atoms with Gasteiger partial charge in [0.15, 0.2) is 0 Å². The Morgan fingerprint density at radius 2 is 2.19 bits per heavy atom. The molecule has 0 aliphatic carbocycles. The van der Waals surface area contributed by atoms with Crippen molar-refractivity contribution in [3.8, 4) is 5.75 Å². The zero-order valence-corrected chi connectivity index (χ0v) is 15.9. The minimum atomic E-state index is -0.151. The number of carbonyl (C=O) groups excluding carboxylic acids is 2. The van der Waals surface area contributed by atoms with E-state index in [9.17, 15) is 9.59 Å². The molecule has 0 aromatic heterocycles. The van der Waals surface area contributed by atoms with Crippen LogP contribution in [-0.4, -0.2) is 69.8 Å². The van der Waals surface area contributed by atoms with Gasteiger partial charge in [0.2, 0.25) is 5.91 Å². The summed E-state index contributed by atoms with van der Waals surface area (Å²) in [5.41, 5.74) is 1.39. The third-order valence-electron chi connectivity index (χ3n) is 4.99. The van der Waals surface area contributed by atoms with E-state index in [1.165, 1.54) is 0 Å². The Bertz CT molecular complexity index is 719. The van der Waals surface area contributed by atoms with Gasteiger partial charge in [-0.3, -0.25) is 9.59 Å². The van der Waals surface area contributed by atoms with E-state index in [1.807, 2.05) is 35.1 Å². The molecule has 1 aromatic carbocycles. The van der Waals surface area contributed by atoms with Crippen LogP contribution in [0.2, 0.25) is 0 Å². The van der Waals surface area contributed by atoms with E-state index in [4.69, 9.17) is 9.47 Å². The lowest BCUT2D eigenvalue weighted by molar-refractivity contribution is -0.131. The second kappa shape index (κ2) is 8.90. The van der Waals surface area contributed by atoms with Crippen LogP contribution in [0.15, 0.2) is 30.4 Å². The Balaban J connectivity index is 1.67. The zero-order valence-electron chi connectivity index (χ0n) is 15.9. The van der Waals surface area contributed by atoms with Crippen LogP contribution in [0.5, 0.6) is 5.75 Å². The number of anilines is 1. The van der Waals surface area contributed by atoms with Crippen molar-refractivity contribution in [1.82, 2.24) is 10.2 Å². The molecule has 2 aliphatic rings. The van der Waals surface area contributed by atoms with Gasteiger partial charge in [-0.05, 0) is 24.6 Å². The van der Waals surface area contributed by atoms with Gasteiger partial charge in [0.25, 0.3) is 5.91 Å². The van der Waals surface area contributed by atoms with Crippen molar-refractivity contribution in [3.05, 3.63) is 35.9 Å². The molecule has 1 N–H and O–H groups in total. The Labute approximate surface area is 159 Å². The van der Waals surface area contributed by atoms with Crippen molar-refractivity contribution in [2.45, 2.75) is 18.9 Å². The van der Waals surface area contributed by atoms with Gasteiger partial charge < -0.3 is 24.6 Å². The predicted molar refractivity (Wildman–Crippen MR) is 103 cm³/mol. The predicted octanol–water partition coefficient (Wildman–Crippen LogP) is 1.44. The molecule has 0 saturated carbocycles. The SMILES string of the molecule is COCCNC(=O)c1ccc2c(c1)N(C)[C@@H](CC(=O)N1CC=CCC1)CO2. The van der Waals surface area contributed by atoms with E-state index in [2.05, 4.69) is 11.4 Å². The van der Waals surface area contributed by atoms with Crippen molar-refractivity contribution in [1.29, 1.82) is 0 Å². The number of nitrogens with one attached hydrogen (secondary N) is 1. The summed E-state index contributed by atoms with van der Waals surface area (Å²) in [6, 6.07) is 5.32. The lowest BCUT2D eigenvalue weighted by atomic mass is 10.1. The molecule has 1 atom stereocenters. The van der Waals surface area contributed by atoms with Crippen LogP contribution in [0.25, 0.3) is 0 Å². The summed E-state index contributed by atoms with van der Waals surface area (Å²) in [4.78, 5) is 28.8. The molecular weight excluding hydrogens is 346 g/mol. The Hall–Kier alpha value is -2.54. The number of hydrogen-bond acceptors (Lipinski definition) is 5. The largest absolute Gasteiger partial charge is 0.489 e. The highest BCUT2D eigenvalue weighted by atomic mass is 16.5. The van der Waals surface area contributed by atoms with Crippen LogP contribution < -0.4 is 15.0 Å². The minimum absolute atomic E-state index is 0.0530. The van der Waals surface area contributed by atoms with Gasteiger partial charge in [0.05, 0.1) is 24.8 Å². The van der Waals surface area contributed by atoms with Crippen LogP contribution in [-0.2, 0) is 9.53 Å². The van der Waals surface area contributed by atoms with Gasteiger partial charge in [-0.15, -0.1) is 0 Å². The maximum Gasteiger partial charge on any atom is 0.251 e. The van der Waals surface area contributed by atoms with Crippen LogP contribution in [0.1, 0.15) is 23.2 Å². The number of amides is 2. The molecule has 2 amide bonds. The fourth-order valence-corrected chi connectivity index (χ4v) is 3.31. The monoisotopic (exact) mass is 373 g/mol. The molecule has 2 aliphatic heterocycles. The molecule has 0 unspecified atom stereocenters. The lowest BCUT2D eigenvalue weighted by Crippen LogP contribution is -2.45. The first kappa shape index (κ1) is 19.2. The van der Waals surface area contributed by atoms with Gasteiger partial charge in [0, 0.05) is 39.4 Å². The Kier molecular flexibility index (Phi) is 6.34. The average Bonchev–Trinajstić information content (AvgIpc) is 2.70. The number of fused-ring (bicyclic) bond motifs is 1. The number of rotatable bonds is 6. The molecule has 27 heavy (non-hydrogen) atoms. The summed E-state index contributed by atoms with van der Waals surface area (Å²) in [6.45, 7) is 2.83. The molecule has 146 valence electrons. The number of nitrogens with zero attached hydrogens (tertiary/aromatic N) is 2. The van der Waals surface area contributed by atoms with E-state index in [0.29, 0.717) is 38.3 Å². The summed E-state index contributed by atoms with van der Waals surface area (Å²) in [5, 5.41) is 2.82. The van der Waals surface area contributed by atoms with Gasteiger partial charge in [0.1, 0.15) is 12.4 Å². The topological polar surface area (TPSA) is 71.1 Å². The summed E-state index contributed by atoms with van der Waals surface area (Å²) in [7, 11) is 3.54. The van der Waals surface area contributed by atoms with Crippen molar-refractivity contribution in [2.75, 3.05) is 51.9 Å². The van der Waals surface area contributed by atoms with Gasteiger partial charge in [-0.25, -0.2) is 0 Å². The molecule has 3 rings (SSSR count). The number of likely N-dealkylation sites (N-methyl/N-ethyl adjacent to an activating group) is 1. The Morgan fingerprint density at radius 1 is 1.33 bits per heavy atom. The van der Waals surface area contributed by atoms with Gasteiger partial charge in [-0.1, -0.05) is 12.2 Å². The minimum Gasteiger partial charge on any atom is -0.489 e. The van der Waals surface area contributed by atoms with Crippen LogP contribution in [0, 0.1) is 0 Å². The molecular formula is C20H27N3O4. The third-order valence-corrected chi connectivity index (χ3v) is 4.99. The maximum absolute atomic E-state index is 12.6. The van der Waals surface area contributed by atoms with E-state index >= 15 is 0 Å². The first-order valence-corrected chi connectivity index (χ1v) is 9.29. The highest BCUT2D eigenvalue weighted by Gasteiger charge is 2.29. The fraction of sp³-hybridized carbons (Fsp3) is 0.500. The van der Waals surface area contributed by atoms with Gasteiger partial charge >= 0.3 is 0 Å². The maximum atomic E-state index is 12.6. The van der Waals surface area contributed by atoms with Crippen LogP contribution >= 0.6 is 0 Å². The van der Waals surface area contributed by atoms with Crippen molar-refractivity contribution >= 4 is 17.5 Å². The molecule has 0 fully saturated rings. The normalized spacial score (nSPS) is 18.7. The zero-order chi connectivity index (χ0) is 19.2. The molecule has 0 radical (unpaired) electrons. The van der Waals surface area contributed by atoms with Crippen LogP contribution in [0.3, 0.4) is 0 Å². The smallest absolute Gasteiger partial charge is 0.251 e. The standard InChI is InChI=1S/C20H27N3O4/c1-22-16(13-19(24)23-9-4-3-5-10-23)14-27-18-7-6-15(12-17(18)22)20(25)21-8-11-26-2/h3-4,6-7,12,16H,5,8-11,13-14H2,1-2H3,(H,21,25)/t16-/m0/s1. The number of benzene rings is 1. The summed E-state index contributed by atoms with van der Waals surface area (Å²) >= 11 is 0. The highest BCUT2D eigenvalue weighted by molar-refractivity contribution is 5.95. The Morgan fingerprint density at radius 3 is 2.93 bits per heavy atom. The fourth-order valence-electron chi connectivity index (χ4n) is 3.31. The first-order valence-electron chi connectivity index (χ1n) is 9.29. The van der Waals surface area contributed by atoms with Crippen molar-refractivity contribution in [2.24, 2.45) is 0 Å². The molecule has 1 aromatic rings.